The van der Waals surface area contributed by atoms with Crippen LogP contribution in [0.5, 0.6) is 0 Å². The van der Waals surface area contributed by atoms with Crippen molar-refractivity contribution in [1.82, 2.24) is 0 Å². The summed E-state index contributed by atoms with van der Waals surface area (Å²) in [5.74, 6) is 0.578. The summed E-state index contributed by atoms with van der Waals surface area (Å²) in [6.45, 7) is 3.34. The Bertz CT molecular complexity index is 932. The Morgan fingerprint density at radius 3 is 2.57 bits per heavy atom. The van der Waals surface area contributed by atoms with Gasteiger partial charge in [-0.1, -0.05) is 55.5 Å². The number of aliphatic hydroxyl groups excluding tert-OH is 1. The van der Waals surface area contributed by atoms with E-state index in [9.17, 15) is 5.11 Å². The molecule has 0 heterocycles. The average Bonchev–Trinajstić information content (AvgIpc) is 2.76. The molecule has 0 spiro atoms. The van der Waals surface area contributed by atoms with Gasteiger partial charge in [-0.15, -0.1) is 0 Å². The van der Waals surface area contributed by atoms with Gasteiger partial charge >= 0.3 is 0 Å². The number of nitrogens with one attached hydrogen (secondary N) is 1. The van der Waals surface area contributed by atoms with Gasteiger partial charge in [-0.2, -0.15) is 0 Å². The van der Waals surface area contributed by atoms with Crippen LogP contribution in [0, 0.1) is 0 Å². The summed E-state index contributed by atoms with van der Waals surface area (Å²) >= 11 is 0. The highest BCUT2D eigenvalue weighted by Gasteiger charge is 2.24. The maximum absolute atomic E-state index is 9.56. The van der Waals surface area contributed by atoms with Crippen molar-refractivity contribution in [2.75, 3.05) is 11.9 Å². The molecule has 28 heavy (non-hydrogen) atoms. The monoisotopic (exact) mass is 371 g/mol. The molecule has 4 rings (SSSR count). The second-order valence-electron chi connectivity index (χ2n) is 7.78. The fraction of sp³-hybridized carbons (Fsp3) is 0.308. The first-order chi connectivity index (χ1) is 13.8. The topological polar surface area (TPSA) is 32.3 Å². The summed E-state index contributed by atoms with van der Waals surface area (Å²) in [4.78, 5) is 0. The number of anilines is 1. The Morgan fingerprint density at radius 2 is 1.79 bits per heavy atom. The molecule has 2 N–H and O–H groups in total. The Morgan fingerprint density at radius 1 is 0.929 bits per heavy atom. The van der Waals surface area contributed by atoms with Gasteiger partial charge < -0.3 is 10.4 Å². The van der Waals surface area contributed by atoms with Crippen molar-refractivity contribution in [3.8, 4) is 11.1 Å². The minimum Gasteiger partial charge on any atom is -0.392 e. The second-order valence-corrected chi connectivity index (χ2v) is 7.78. The van der Waals surface area contributed by atoms with Gasteiger partial charge in [0.2, 0.25) is 0 Å². The number of aliphatic hydroxyl groups is 1. The maximum Gasteiger partial charge on any atom is 0.0682 e. The molecule has 0 fully saturated rings. The molecule has 2 nitrogen and oxygen atoms in total. The molecule has 0 saturated carbocycles. The summed E-state index contributed by atoms with van der Waals surface area (Å²) in [5.41, 5.74) is 9.03. The highest BCUT2D eigenvalue weighted by molar-refractivity contribution is 5.77. The van der Waals surface area contributed by atoms with Crippen molar-refractivity contribution in [2.45, 2.75) is 45.1 Å². The number of benzene rings is 3. The quantitative estimate of drug-likeness (QED) is 0.504. The fourth-order valence-electron chi connectivity index (χ4n) is 4.32. The van der Waals surface area contributed by atoms with E-state index in [1.165, 1.54) is 33.5 Å². The molecule has 0 bridgehead atoms. The minimum absolute atomic E-state index is 0.0945. The summed E-state index contributed by atoms with van der Waals surface area (Å²) < 4.78 is 0. The van der Waals surface area contributed by atoms with Crippen LogP contribution in [0.25, 0.3) is 11.1 Å². The zero-order valence-electron chi connectivity index (χ0n) is 16.6. The normalized spacial score (nSPS) is 15.0. The average molecular weight is 372 g/mol. The number of aryl methyl sites for hydroxylation is 1. The van der Waals surface area contributed by atoms with Gasteiger partial charge in [0.1, 0.15) is 0 Å². The van der Waals surface area contributed by atoms with Crippen LogP contribution in [0.4, 0.5) is 5.69 Å². The van der Waals surface area contributed by atoms with E-state index in [0.717, 1.165) is 37.8 Å². The van der Waals surface area contributed by atoms with Crippen molar-refractivity contribution in [3.63, 3.8) is 0 Å². The van der Waals surface area contributed by atoms with Crippen molar-refractivity contribution in [3.05, 3.63) is 89.0 Å². The van der Waals surface area contributed by atoms with Crippen LogP contribution >= 0.6 is 0 Å². The van der Waals surface area contributed by atoms with Crippen molar-refractivity contribution in [2.24, 2.45) is 0 Å². The number of fused-ring (bicyclic) bond motifs is 3. The second kappa shape index (κ2) is 8.62. The SMILES string of the molecule is CCC1Cc2ccc(CO)cc2-c2cc(NCCCc3ccccc3)ccc21. The van der Waals surface area contributed by atoms with Crippen LogP contribution in [0.2, 0.25) is 0 Å². The van der Waals surface area contributed by atoms with E-state index >= 15 is 0 Å². The van der Waals surface area contributed by atoms with Crippen molar-refractivity contribution in [1.29, 1.82) is 0 Å². The molecule has 1 aliphatic rings. The molecule has 3 aromatic rings. The molecule has 0 aliphatic heterocycles. The predicted molar refractivity (Wildman–Crippen MR) is 118 cm³/mol. The lowest BCUT2D eigenvalue weighted by Crippen LogP contribution is -2.12. The lowest BCUT2D eigenvalue weighted by Gasteiger charge is -2.28. The van der Waals surface area contributed by atoms with Gasteiger partial charge in [0.15, 0.2) is 0 Å². The molecule has 0 aromatic heterocycles. The van der Waals surface area contributed by atoms with E-state index in [0.29, 0.717) is 5.92 Å². The third-order valence-corrected chi connectivity index (χ3v) is 5.91. The van der Waals surface area contributed by atoms with Gasteiger partial charge in [0, 0.05) is 12.2 Å². The molecular weight excluding hydrogens is 342 g/mol. The van der Waals surface area contributed by atoms with E-state index < -0.39 is 0 Å². The highest BCUT2D eigenvalue weighted by atomic mass is 16.3. The Balaban J connectivity index is 1.52. The zero-order valence-corrected chi connectivity index (χ0v) is 16.6. The van der Waals surface area contributed by atoms with Gasteiger partial charge in [-0.25, -0.2) is 0 Å². The first kappa shape index (κ1) is 18.8. The van der Waals surface area contributed by atoms with E-state index in [1.54, 1.807) is 0 Å². The molecule has 0 amide bonds. The Labute approximate surface area is 168 Å². The van der Waals surface area contributed by atoms with Crippen LogP contribution in [0.1, 0.15) is 47.9 Å². The summed E-state index contributed by atoms with van der Waals surface area (Å²) in [7, 11) is 0. The maximum atomic E-state index is 9.56. The number of rotatable bonds is 7. The van der Waals surface area contributed by atoms with Gasteiger partial charge in [-0.3, -0.25) is 0 Å². The molecule has 1 atom stereocenters. The largest absolute Gasteiger partial charge is 0.392 e. The molecule has 0 saturated heterocycles. The summed E-state index contributed by atoms with van der Waals surface area (Å²) in [6, 6.07) is 23.9. The lowest BCUT2D eigenvalue weighted by atomic mass is 9.77. The standard InChI is InChI=1S/C26H29NO/c1-2-21-16-22-11-10-20(18-28)15-25(22)26-17-23(12-13-24(21)26)27-14-6-9-19-7-4-3-5-8-19/h3-5,7-8,10-13,15,17,21,27-28H,2,6,9,14,16,18H2,1H3. The van der Waals surface area contributed by atoms with Crippen LogP contribution in [0.15, 0.2) is 66.7 Å². The smallest absolute Gasteiger partial charge is 0.0682 e. The van der Waals surface area contributed by atoms with Gasteiger partial charge in [0.05, 0.1) is 6.61 Å². The Kier molecular flexibility index (Phi) is 5.78. The molecular formula is C26H29NO. The zero-order chi connectivity index (χ0) is 19.3. The molecule has 1 unspecified atom stereocenters. The fourth-order valence-corrected chi connectivity index (χ4v) is 4.32. The predicted octanol–water partition coefficient (Wildman–Crippen LogP) is 5.94. The van der Waals surface area contributed by atoms with Gasteiger partial charge in [-0.05, 0) is 83.2 Å². The highest BCUT2D eigenvalue weighted by Crippen LogP contribution is 2.42. The lowest BCUT2D eigenvalue weighted by molar-refractivity contribution is 0.282. The third-order valence-electron chi connectivity index (χ3n) is 5.91. The summed E-state index contributed by atoms with van der Waals surface area (Å²) in [5, 5.41) is 13.2. The van der Waals surface area contributed by atoms with E-state index in [4.69, 9.17) is 0 Å². The summed E-state index contributed by atoms with van der Waals surface area (Å²) in [6.07, 6.45) is 4.45. The van der Waals surface area contributed by atoms with Crippen LogP contribution in [0.3, 0.4) is 0 Å². The van der Waals surface area contributed by atoms with Crippen molar-refractivity contribution < 1.29 is 5.11 Å². The van der Waals surface area contributed by atoms with Gasteiger partial charge in [0.25, 0.3) is 0 Å². The molecule has 3 aromatic carbocycles. The van der Waals surface area contributed by atoms with Crippen LogP contribution in [-0.2, 0) is 19.4 Å². The van der Waals surface area contributed by atoms with Crippen LogP contribution < -0.4 is 5.32 Å². The van der Waals surface area contributed by atoms with E-state index in [2.05, 4.69) is 79.0 Å². The number of hydrogen-bond acceptors (Lipinski definition) is 2. The number of hydrogen-bond donors (Lipinski definition) is 2. The first-order valence-corrected chi connectivity index (χ1v) is 10.4. The molecule has 144 valence electrons. The molecule has 1 aliphatic carbocycles. The molecule has 2 heteroatoms. The van der Waals surface area contributed by atoms with E-state index in [1.807, 2.05) is 0 Å². The third kappa shape index (κ3) is 3.98. The minimum atomic E-state index is 0.0945. The van der Waals surface area contributed by atoms with Crippen LogP contribution in [-0.4, -0.2) is 11.7 Å². The first-order valence-electron chi connectivity index (χ1n) is 10.4. The Hall–Kier alpha value is -2.58. The molecule has 0 radical (unpaired) electrons. The van der Waals surface area contributed by atoms with E-state index in [-0.39, 0.29) is 6.61 Å². The van der Waals surface area contributed by atoms with Crippen molar-refractivity contribution >= 4 is 5.69 Å².